The molecule has 0 saturated carbocycles. The van der Waals surface area contributed by atoms with E-state index in [1.807, 2.05) is 35.9 Å². The number of ether oxygens (including phenoxy) is 1. The zero-order valence-electron chi connectivity index (χ0n) is 28.8. The molecule has 1 aliphatic rings. The number of rotatable bonds is 11. The number of aryl methyl sites for hydroxylation is 2. The second-order valence-corrected chi connectivity index (χ2v) is 12.9. The molecule has 0 spiro atoms. The number of H-pyrrole nitrogens is 1. The molecule has 52 heavy (non-hydrogen) atoms. The highest BCUT2D eigenvalue weighted by molar-refractivity contribution is 6.06. The fourth-order valence-electron chi connectivity index (χ4n) is 6.41. The third-order valence-electron chi connectivity index (χ3n) is 9.11. The molecule has 1 saturated heterocycles. The normalized spacial score (nSPS) is 14.8. The minimum absolute atomic E-state index is 0.187. The van der Waals surface area contributed by atoms with Crippen LogP contribution in [0.25, 0.3) is 21.8 Å². The summed E-state index contributed by atoms with van der Waals surface area (Å²) in [5.41, 5.74) is 4.18. The number of alkyl halides is 3. The minimum atomic E-state index is -5.28. The molecule has 1 amide bonds. The molecule has 0 radical (unpaired) electrons. The lowest BCUT2D eigenvalue weighted by atomic mass is 10.1. The van der Waals surface area contributed by atoms with Gasteiger partial charge in [-0.25, -0.2) is 19.6 Å². The van der Waals surface area contributed by atoms with Crippen molar-refractivity contribution in [1.29, 1.82) is 0 Å². The topological polar surface area (TPSA) is 135 Å². The van der Waals surface area contributed by atoms with Gasteiger partial charge in [-0.15, -0.1) is 0 Å². The Morgan fingerprint density at radius 3 is 2.65 bits per heavy atom. The van der Waals surface area contributed by atoms with Crippen LogP contribution in [-0.4, -0.2) is 67.2 Å². The molecule has 5 heterocycles. The number of unbranched alkanes of at least 4 members (excludes halogenated alkanes) is 5. The number of aromatic amines is 1. The maximum atomic E-state index is 13.3. The number of esters is 2. The highest BCUT2D eigenvalue weighted by Gasteiger charge is 2.42. The Kier molecular flexibility index (Phi) is 11.0. The number of aromatic nitrogens is 5. The lowest BCUT2D eigenvalue weighted by Crippen LogP contribution is -2.28. The molecule has 4 aromatic heterocycles. The van der Waals surface area contributed by atoms with Crippen molar-refractivity contribution in [2.75, 3.05) is 18.9 Å². The molecule has 0 unspecified atom stereocenters. The van der Waals surface area contributed by atoms with E-state index in [4.69, 9.17) is 5.10 Å². The van der Waals surface area contributed by atoms with Gasteiger partial charge in [-0.3, -0.25) is 14.4 Å². The average molecular weight is 714 g/mol. The summed E-state index contributed by atoms with van der Waals surface area (Å²) >= 11 is 0. The van der Waals surface area contributed by atoms with Crippen LogP contribution in [0, 0.1) is 18.8 Å². The van der Waals surface area contributed by atoms with Gasteiger partial charge in [-0.2, -0.15) is 18.3 Å². The van der Waals surface area contributed by atoms with Crippen LogP contribution < -0.4 is 5.32 Å². The van der Waals surface area contributed by atoms with Gasteiger partial charge in [0.2, 0.25) is 0 Å². The number of carbonyl (C=O) groups excluding carboxylic acids is 3. The minimum Gasteiger partial charge on any atom is -0.381 e. The monoisotopic (exact) mass is 713 g/mol. The Morgan fingerprint density at radius 1 is 1.06 bits per heavy atom. The first-order chi connectivity index (χ1) is 25.0. The number of nitrogens with one attached hydrogen (secondary N) is 2. The standard InChI is InChI=1S/C38H38F3N7O4/c1-24-28-17-16-25(35(49)45-34-22-30-26(23-42-34)20-31(44-30)32-15-11-18-47(32)2)21-33(28)48(46-24)19-9-7-5-3-4-6-8-12-27-13-10-14-29(43-27)36(50)52-37(51)38(39,40)41/h10,13-14,16-17,20-23,32,44H,3-7,9,11,15,18-19H2,1-2H3,(H,42,45,49)/t32-/m1/s1. The van der Waals surface area contributed by atoms with Crippen molar-refractivity contribution in [3.63, 3.8) is 0 Å². The first-order valence-corrected chi connectivity index (χ1v) is 17.2. The van der Waals surface area contributed by atoms with Crippen molar-refractivity contribution in [3.8, 4) is 11.8 Å². The largest absolute Gasteiger partial charge is 0.491 e. The highest BCUT2D eigenvalue weighted by Crippen LogP contribution is 2.32. The van der Waals surface area contributed by atoms with Crippen LogP contribution in [0.4, 0.5) is 19.0 Å². The van der Waals surface area contributed by atoms with Crippen LogP contribution in [0.2, 0.25) is 0 Å². The maximum Gasteiger partial charge on any atom is 0.491 e. The predicted octanol–water partition coefficient (Wildman–Crippen LogP) is 7.27. The first kappa shape index (κ1) is 36.2. The molecule has 1 aromatic carbocycles. The number of amides is 1. The number of nitrogens with zero attached hydrogens (tertiary/aromatic N) is 5. The molecule has 14 heteroatoms. The van der Waals surface area contributed by atoms with E-state index in [1.165, 1.54) is 24.2 Å². The molecular weight excluding hydrogens is 675 g/mol. The van der Waals surface area contributed by atoms with Crippen molar-refractivity contribution in [1.82, 2.24) is 29.6 Å². The molecule has 1 atom stereocenters. The van der Waals surface area contributed by atoms with Crippen LogP contribution in [-0.2, 0) is 16.1 Å². The van der Waals surface area contributed by atoms with E-state index in [9.17, 15) is 27.6 Å². The van der Waals surface area contributed by atoms with E-state index in [2.05, 4.69) is 54.9 Å². The smallest absolute Gasteiger partial charge is 0.381 e. The third kappa shape index (κ3) is 8.66. The van der Waals surface area contributed by atoms with E-state index in [-0.39, 0.29) is 11.6 Å². The van der Waals surface area contributed by atoms with Crippen molar-refractivity contribution < 1.29 is 32.3 Å². The molecule has 1 aliphatic heterocycles. The van der Waals surface area contributed by atoms with E-state index in [0.29, 0.717) is 30.4 Å². The van der Waals surface area contributed by atoms with Crippen LogP contribution >= 0.6 is 0 Å². The molecule has 0 bridgehead atoms. The summed E-state index contributed by atoms with van der Waals surface area (Å²) in [4.78, 5) is 50.2. The van der Waals surface area contributed by atoms with Gasteiger partial charge >= 0.3 is 18.1 Å². The van der Waals surface area contributed by atoms with Gasteiger partial charge in [0.15, 0.2) is 0 Å². The summed E-state index contributed by atoms with van der Waals surface area (Å²) in [5, 5.41) is 9.68. The molecule has 11 nitrogen and oxygen atoms in total. The van der Waals surface area contributed by atoms with Crippen molar-refractivity contribution in [2.45, 2.75) is 77.1 Å². The number of hydrogen-bond acceptors (Lipinski definition) is 8. The summed E-state index contributed by atoms with van der Waals surface area (Å²) in [6.07, 6.45) is 4.01. The van der Waals surface area contributed by atoms with Crippen LogP contribution in [0.1, 0.15) is 95.3 Å². The molecule has 1 fully saturated rings. The molecule has 5 aromatic rings. The van der Waals surface area contributed by atoms with Crippen LogP contribution in [0.3, 0.4) is 0 Å². The van der Waals surface area contributed by atoms with E-state index >= 15 is 0 Å². The summed E-state index contributed by atoms with van der Waals surface area (Å²) in [6, 6.07) is 14.1. The van der Waals surface area contributed by atoms with E-state index in [0.717, 1.165) is 78.6 Å². The number of anilines is 1. The van der Waals surface area contributed by atoms with Crippen molar-refractivity contribution in [2.24, 2.45) is 0 Å². The Balaban J connectivity index is 0.962. The van der Waals surface area contributed by atoms with E-state index < -0.39 is 23.8 Å². The number of halogens is 3. The quantitative estimate of drug-likeness (QED) is 0.0632. The number of pyridine rings is 2. The average Bonchev–Trinajstić information content (AvgIpc) is 3.83. The first-order valence-electron chi connectivity index (χ1n) is 17.2. The van der Waals surface area contributed by atoms with Gasteiger partial charge < -0.3 is 15.0 Å². The van der Waals surface area contributed by atoms with Gasteiger partial charge in [-0.05, 0) is 82.5 Å². The maximum absolute atomic E-state index is 13.3. The molecule has 2 N–H and O–H groups in total. The SMILES string of the molecule is Cc1nn(CCCCCCCC#Cc2cccc(C(=O)OC(=O)C(F)(F)F)n2)c2cc(C(=O)Nc3cc4[nH]c([C@H]5CCCN5C)cc4cn3)ccc12. The number of fused-ring (bicyclic) bond motifs is 2. The number of hydrogen-bond donors (Lipinski definition) is 2. The summed E-state index contributed by atoms with van der Waals surface area (Å²) < 4.78 is 42.8. The molecule has 0 aliphatic carbocycles. The van der Waals surface area contributed by atoms with Gasteiger partial charge in [0.25, 0.3) is 5.91 Å². The molecule has 6 rings (SSSR count). The number of likely N-dealkylation sites (tertiary alicyclic amines) is 1. The van der Waals surface area contributed by atoms with Crippen molar-refractivity contribution in [3.05, 3.63) is 83.1 Å². The van der Waals surface area contributed by atoms with E-state index in [1.54, 1.807) is 6.20 Å². The summed E-state index contributed by atoms with van der Waals surface area (Å²) in [7, 11) is 2.14. The molecule has 270 valence electrons. The number of benzene rings is 1. The van der Waals surface area contributed by atoms with Crippen LogP contribution in [0.15, 0.2) is 54.7 Å². The zero-order valence-corrected chi connectivity index (χ0v) is 28.8. The Hall–Kier alpha value is -5.55. The summed E-state index contributed by atoms with van der Waals surface area (Å²) in [5.74, 6) is 1.90. The van der Waals surface area contributed by atoms with Gasteiger partial charge in [-0.1, -0.05) is 37.3 Å². The Morgan fingerprint density at radius 2 is 1.87 bits per heavy atom. The highest BCUT2D eigenvalue weighted by atomic mass is 19.4. The van der Waals surface area contributed by atoms with Crippen molar-refractivity contribution >= 4 is 45.5 Å². The Bertz CT molecular complexity index is 2180. The fraction of sp³-hybridized carbons (Fsp3) is 0.368. The summed E-state index contributed by atoms with van der Waals surface area (Å²) in [6.45, 7) is 3.75. The third-order valence-corrected chi connectivity index (χ3v) is 9.11. The van der Waals surface area contributed by atoms with Gasteiger partial charge in [0, 0.05) is 53.3 Å². The predicted molar refractivity (Wildman–Crippen MR) is 188 cm³/mol. The van der Waals surface area contributed by atoms with Crippen LogP contribution in [0.5, 0.6) is 0 Å². The molecular formula is C38H38F3N7O4. The zero-order chi connectivity index (χ0) is 36.8. The second kappa shape index (κ2) is 15.8. The van der Waals surface area contributed by atoms with Gasteiger partial charge in [0.1, 0.15) is 17.2 Å². The fourth-order valence-corrected chi connectivity index (χ4v) is 6.41. The lowest BCUT2D eigenvalue weighted by molar-refractivity contribution is -0.193. The number of carbonyl (C=O) groups is 3. The van der Waals surface area contributed by atoms with Gasteiger partial charge in [0.05, 0.1) is 16.7 Å². The lowest BCUT2D eigenvalue weighted by Gasteiger charge is -2.17. The second-order valence-electron chi connectivity index (χ2n) is 12.9. The Labute approximate surface area is 297 Å².